The van der Waals surface area contributed by atoms with E-state index in [1.807, 2.05) is 19.1 Å². The Balaban J connectivity index is 2.57. The minimum absolute atomic E-state index is 0.0180. The Kier molecular flexibility index (Phi) is 5.74. The predicted octanol–water partition coefficient (Wildman–Crippen LogP) is 3.15. The summed E-state index contributed by atoms with van der Waals surface area (Å²) in [4.78, 5) is 28.2. The van der Waals surface area contributed by atoms with E-state index in [2.05, 4.69) is 4.99 Å². The number of amides is 1. The van der Waals surface area contributed by atoms with Crippen LogP contribution >= 0.6 is 22.9 Å². The molecule has 0 unspecified atom stereocenters. The Labute approximate surface area is 137 Å². The van der Waals surface area contributed by atoms with Crippen LogP contribution < -0.4 is 4.80 Å². The second kappa shape index (κ2) is 7.56. The standard InChI is InChI=1S/C15H17ClN2O3S/c1-3-6-12(19)17-15-18(9-13(20)21-4-2)14-10(16)7-5-8-11(14)22-15/h5,7-8H,3-4,6,9H2,1-2H3. The maximum atomic E-state index is 11.8. The zero-order chi connectivity index (χ0) is 16.1. The topological polar surface area (TPSA) is 60.7 Å². The molecule has 0 atom stereocenters. The van der Waals surface area contributed by atoms with Gasteiger partial charge in [-0.25, -0.2) is 0 Å². The van der Waals surface area contributed by atoms with Crippen LogP contribution in [0.1, 0.15) is 26.7 Å². The molecule has 0 radical (unpaired) electrons. The molecule has 0 fully saturated rings. The third-order valence-corrected chi connectivity index (χ3v) is 4.28. The first kappa shape index (κ1) is 16.7. The number of halogens is 1. The summed E-state index contributed by atoms with van der Waals surface area (Å²) >= 11 is 7.58. The SMILES string of the molecule is CCCC(=O)N=c1sc2cccc(Cl)c2n1CC(=O)OCC. The van der Waals surface area contributed by atoms with Crippen molar-refractivity contribution in [3.05, 3.63) is 28.0 Å². The lowest BCUT2D eigenvalue weighted by molar-refractivity contribution is -0.143. The molecular weight excluding hydrogens is 324 g/mol. The van der Waals surface area contributed by atoms with E-state index in [0.717, 1.165) is 11.1 Å². The van der Waals surface area contributed by atoms with Gasteiger partial charge in [-0.3, -0.25) is 9.59 Å². The van der Waals surface area contributed by atoms with Crippen molar-refractivity contribution in [1.82, 2.24) is 4.57 Å². The monoisotopic (exact) mass is 340 g/mol. The van der Waals surface area contributed by atoms with Crippen molar-refractivity contribution in [1.29, 1.82) is 0 Å². The summed E-state index contributed by atoms with van der Waals surface area (Å²) in [5.74, 6) is -0.589. The first-order valence-corrected chi connectivity index (χ1v) is 8.27. The van der Waals surface area contributed by atoms with Crippen LogP contribution in [-0.2, 0) is 20.9 Å². The van der Waals surface area contributed by atoms with Gasteiger partial charge in [0.15, 0.2) is 4.80 Å². The number of carbonyl (C=O) groups is 2. The van der Waals surface area contributed by atoms with E-state index in [-0.39, 0.29) is 18.4 Å². The molecule has 5 nitrogen and oxygen atoms in total. The fourth-order valence-electron chi connectivity index (χ4n) is 2.03. The first-order chi connectivity index (χ1) is 10.6. The minimum Gasteiger partial charge on any atom is -0.465 e. The number of hydrogen-bond acceptors (Lipinski definition) is 4. The number of fused-ring (bicyclic) bond motifs is 1. The highest BCUT2D eigenvalue weighted by Gasteiger charge is 2.14. The minimum atomic E-state index is -0.383. The number of ether oxygens (including phenoxy) is 1. The zero-order valence-electron chi connectivity index (χ0n) is 12.5. The highest BCUT2D eigenvalue weighted by molar-refractivity contribution is 7.16. The summed E-state index contributed by atoms with van der Waals surface area (Å²) in [5, 5.41) is 0.516. The summed E-state index contributed by atoms with van der Waals surface area (Å²) in [7, 11) is 0. The lowest BCUT2D eigenvalue weighted by Gasteiger charge is -2.06. The van der Waals surface area contributed by atoms with Gasteiger partial charge in [0.2, 0.25) is 5.91 Å². The van der Waals surface area contributed by atoms with Gasteiger partial charge < -0.3 is 9.30 Å². The Bertz CT molecular complexity index is 764. The highest BCUT2D eigenvalue weighted by Crippen LogP contribution is 2.25. The number of rotatable bonds is 5. The molecule has 2 rings (SSSR count). The van der Waals surface area contributed by atoms with Crippen molar-refractivity contribution < 1.29 is 14.3 Å². The quantitative estimate of drug-likeness (QED) is 0.785. The Morgan fingerprint density at radius 3 is 2.82 bits per heavy atom. The third-order valence-electron chi connectivity index (χ3n) is 2.93. The first-order valence-electron chi connectivity index (χ1n) is 7.07. The van der Waals surface area contributed by atoms with Crippen LogP contribution in [0.4, 0.5) is 0 Å². The smallest absolute Gasteiger partial charge is 0.326 e. The van der Waals surface area contributed by atoms with Crippen LogP contribution in [0.3, 0.4) is 0 Å². The van der Waals surface area contributed by atoms with Crippen LogP contribution in [0.5, 0.6) is 0 Å². The van der Waals surface area contributed by atoms with E-state index in [4.69, 9.17) is 16.3 Å². The summed E-state index contributed by atoms with van der Waals surface area (Å²) in [6.07, 6.45) is 1.10. The maximum Gasteiger partial charge on any atom is 0.326 e. The summed E-state index contributed by atoms with van der Waals surface area (Å²) < 4.78 is 7.51. The average Bonchev–Trinajstić information content (AvgIpc) is 2.78. The van der Waals surface area contributed by atoms with E-state index >= 15 is 0 Å². The Morgan fingerprint density at radius 1 is 1.36 bits per heavy atom. The molecule has 7 heteroatoms. The molecule has 0 saturated carbocycles. The number of carbonyl (C=O) groups excluding carboxylic acids is 2. The fourth-order valence-corrected chi connectivity index (χ4v) is 3.44. The second-order valence-corrected chi connectivity index (χ2v) is 6.03. The van der Waals surface area contributed by atoms with Crippen LogP contribution in [0.2, 0.25) is 5.02 Å². The number of aromatic nitrogens is 1. The molecule has 22 heavy (non-hydrogen) atoms. The lowest BCUT2D eigenvalue weighted by Crippen LogP contribution is -2.23. The van der Waals surface area contributed by atoms with E-state index in [1.165, 1.54) is 11.3 Å². The van der Waals surface area contributed by atoms with Gasteiger partial charge in [0.1, 0.15) is 6.54 Å². The van der Waals surface area contributed by atoms with Crippen LogP contribution in [0.15, 0.2) is 23.2 Å². The van der Waals surface area contributed by atoms with Gasteiger partial charge in [0.25, 0.3) is 0 Å². The molecule has 1 aromatic carbocycles. The number of para-hydroxylation sites is 1. The molecule has 1 aromatic heterocycles. The third kappa shape index (κ3) is 3.75. The number of nitrogens with zero attached hydrogens (tertiary/aromatic N) is 2. The Hall–Kier alpha value is -1.66. The molecular formula is C15H17ClN2O3S. The normalized spacial score (nSPS) is 11.9. The fraction of sp³-hybridized carbons (Fsp3) is 0.400. The van der Waals surface area contributed by atoms with Crippen molar-refractivity contribution in [2.24, 2.45) is 4.99 Å². The van der Waals surface area contributed by atoms with Gasteiger partial charge in [0, 0.05) is 6.42 Å². The van der Waals surface area contributed by atoms with Gasteiger partial charge in [-0.2, -0.15) is 4.99 Å². The Morgan fingerprint density at radius 2 is 2.14 bits per heavy atom. The van der Waals surface area contributed by atoms with E-state index in [0.29, 0.717) is 28.4 Å². The van der Waals surface area contributed by atoms with Crippen molar-refractivity contribution in [3.8, 4) is 0 Å². The lowest BCUT2D eigenvalue weighted by atomic mass is 10.3. The van der Waals surface area contributed by atoms with Gasteiger partial charge in [-0.15, -0.1) is 0 Å². The molecule has 0 N–H and O–H groups in total. The van der Waals surface area contributed by atoms with Gasteiger partial charge in [0.05, 0.1) is 21.8 Å². The highest BCUT2D eigenvalue weighted by atomic mass is 35.5. The van der Waals surface area contributed by atoms with Gasteiger partial charge in [-0.1, -0.05) is 35.9 Å². The van der Waals surface area contributed by atoms with Crippen LogP contribution in [0.25, 0.3) is 10.2 Å². The largest absolute Gasteiger partial charge is 0.465 e. The summed E-state index contributed by atoms with van der Waals surface area (Å²) in [5.41, 5.74) is 0.699. The molecule has 1 heterocycles. The van der Waals surface area contributed by atoms with Crippen molar-refractivity contribution in [3.63, 3.8) is 0 Å². The zero-order valence-corrected chi connectivity index (χ0v) is 14.0. The second-order valence-electron chi connectivity index (χ2n) is 4.62. The van der Waals surface area contributed by atoms with E-state index < -0.39 is 0 Å². The van der Waals surface area contributed by atoms with E-state index in [1.54, 1.807) is 17.6 Å². The van der Waals surface area contributed by atoms with Gasteiger partial charge >= 0.3 is 5.97 Å². The molecule has 0 aliphatic rings. The molecule has 0 saturated heterocycles. The molecule has 1 amide bonds. The molecule has 118 valence electrons. The van der Waals surface area contributed by atoms with Crippen molar-refractivity contribution in [2.45, 2.75) is 33.2 Å². The number of benzene rings is 1. The van der Waals surface area contributed by atoms with E-state index in [9.17, 15) is 9.59 Å². The maximum absolute atomic E-state index is 11.8. The van der Waals surface area contributed by atoms with Gasteiger partial charge in [-0.05, 0) is 25.5 Å². The van der Waals surface area contributed by atoms with Crippen LogP contribution in [0, 0.1) is 0 Å². The number of hydrogen-bond donors (Lipinski definition) is 0. The number of esters is 1. The molecule has 0 aliphatic heterocycles. The molecule has 2 aromatic rings. The van der Waals surface area contributed by atoms with Crippen LogP contribution in [-0.4, -0.2) is 23.1 Å². The molecule has 0 spiro atoms. The summed E-state index contributed by atoms with van der Waals surface area (Å²) in [6.45, 7) is 3.95. The molecule has 0 aliphatic carbocycles. The van der Waals surface area contributed by atoms with Crippen molar-refractivity contribution >= 4 is 45.0 Å². The average molecular weight is 341 g/mol. The predicted molar refractivity (Wildman–Crippen MR) is 86.9 cm³/mol. The number of thiazole rings is 1. The molecule has 0 bridgehead atoms. The van der Waals surface area contributed by atoms with Crippen molar-refractivity contribution in [2.75, 3.05) is 6.61 Å². The summed E-state index contributed by atoms with van der Waals surface area (Å²) in [6, 6.07) is 5.46.